The minimum absolute atomic E-state index is 0.0114. The van der Waals surface area contributed by atoms with Crippen molar-refractivity contribution < 1.29 is 19.5 Å². The lowest BCUT2D eigenvalue weighted by atomic mass is 9.94. The molecule has 0 atom stereocenters. The number of nitrogens with one attached hydrogen (secondary N) is 1. The Balaban J connectivity index is 4.58. The first-order valence-electron chi connectivity index (χ1n) is 6.58. The van der Waals surface area contributed by atoms with Crippen LogP contribution in [0.1, 0.15) is 27.2 Å². The number of likely N-dealkylation sites (N-methyl/N-ethyl adjacent to an activating group) is 1. The molecule has 0 aliphatic carbocycles. The zero-order valence-electron chi connectivity index (χ0n) is 12.9. The van der Waals surface area contributed by atoms with Crippen LogP contribution < -0.4 is 5.32 Å². The molecule has 0 bridgehead atoms. The monoisotopic (exact) mass is 287 g/mol. The van der Waals surface area contributed by atoms with Crippen LogP contribution in [0.2, 0.25) is 0 Å². The Hall–Kier alpha value is -1.79. The van der Waals surface area contributed by atoms with Gasteiger partial charge >= 0.3 is 12.0 Å². The molecule has 3 amide bonds. The first-order chi connectivity index (χ1) is 9.11. The molecule has 0 saturated carbocycles. The number of carbonyl (C=O) groups is 3. The van der Waals surface area contributed by atoms with Crippen molar-refractivity contribution in [2.45, 2.75) is 27.2 Å². The number of carboxylic acid groups (broad SMARTS) is 1. The van der Waals surface area contributed by atoms with Gasteiger partial charge in [0, 0.05) is 27.2 Å². The van der Waals surface area contributed by atoms with Crippen LogP contribution in [0.3, 0.4) is 0 Å². The molecule has 7 nitrogen and oxygen atoms in total. The third kappa shape index (κ3) is 5.90. The van der Waals surface area contributed by atoms with Gasteiger partial charge in [0.2, 0.25) is 5.91 Å². The highest BCUT2D eigenvalue weighted by Crippen LogP contribution is 2.13. The average molecular weight is 287 g/mol. The summed E-state index contributed by atoms with van der Waals surface area (Å²) in [6.45, 7) is 5.41. The molecular formula is C13H25N3O4. The summed E-state index contributed by atoms with van der Waals surface area (Å²) in [6, 6.07) is -0.420. The number of aliphatic carboxylic acids is 1. The lowest BCUT2D eigenvalue weighted by Gasteiger charge is -2.26. The summed E-state index contributed by atoms with van der Waals surface area (Å²) in [6.07, 6.45) is 0.719. The summed E-state index contributed by atoms with van der Waals surface area (Å²) in [5.41, 5.74) is -1.04. The van der Waals surface area contributed by atoms with Crippen molar-refractivity contribution in [2.24, 2.45) is 5.41 Å². The summed E-state index contributed by atoms with van der Waals surface area (Å²) in [7, 11) is 3.25. The van der Waals surface area contributed by atoms with E-state index in [0.717, 1.165) is 6.42 Å². The lowest BCUT2D eigenvalue weighted by Crippen LogP contribution is -2.48. The summed E-state index contributed by atoms with van der Waals surface area (Å²) in [5.74, 6) is -1.16. The Bertz CT molecular complexity index is 367. The van der Waals surface area contributed by atoms with Crippen molar-refractivity contribution >= 4 is 17.9 Å². The van der Waals surface area contributed by atoms with E-state index in [1.807, 2.05) is 6.92 Å². The zero-order chi connectivity index (χ0) is 15.9. The van der Waals surface area contributed by atoms with Gasteiger partial charge in [0.15, 0.2) is 0 Å². The van der Waals surface area contributed by atoms with Crippen LogP contribution in [0.5, 0.6) is 0 Å². The van der Waals surface area contributed by atoms with E-state index in [1.165, 1.54) is 23.6 Å². The molecule has 0 aromatic carbocycles. The standard InChI is InChI=1S/C13H25N3O4/c1-6-7-16(8-10(17)15(4)5)12(20)14-9-13(2,3)11(18)19/h6-9H2,1-5H3,(H,14,20)(H,18,19). The van der Waals surface area contributed by atoms with E-state index < -0.39 is 17.4 Å². The molecule has 0 aliphatic rings. The molecule has 0 unspecified atom stereocenters. The Morgan fingerprint density at radius 3 is 2.15 bits per heavy atom. The molecule has 0 spiro atoms. The van der Waals surface area contributed by atoms with Crippen molar-refractivity contribution in [3.63, 3.8) is 0 Å². The largest absolute Gasteiger partial charge is 0.481 e. The van der Waals surface area contributed by atoms with Crippen molar-refractivity contribution in [3.8, 4) is 0 Å². The first-order valence-corrected chi connectivity index (χ1v) is 6.58. The summed E-state index contributed by atoms with van der Waals surface area (Å²) in [4.78, 5) is 37.4. The molecule has 0 radical (unpaired) electrons. The average Bonchev–Trinajstić information content (AvgIpc) is 2.35. The van der Waals surface area contributed by atoms with Crippen LogP contribution in [0.4, 0.5) is 4.79 Å². The van der Waals surface area contributed by atoms with E-state index in [0.29, 0.717) is 6.54 Å². The summed E-state index contributed by atoms with van der Waals surface area (Å²) < 4.78 is 0. The molecule has 0 aromatic rings. The maximum atomic E-state index is 12.0. The lowest BCUT2D eigenvalue weighted by molar-refractivity contribution is -0.146. The van der Waals surface area contributed by atoms with Gasteiger partial charge < -0.3 is 20.2 Å². The molecule has 0 rings (SSSR count). The van der Waals surface area contributed by atoms with Gasteiger partial charge in [0.05, 0.1) is 5.41 Å². The molecule has 0 aliphatic heterocycles. The Morgan fingerprint density at radius 2 is 1.75 bits per heavy atom. The molecule has 0 fully saturated rings. The maximum Gasteiger partial charge on any atom is 0.317 e. The van der Waals surface area contributed by atoms with E-state index in [4.69, 9.17) is 5.11 Å². The molecular weight excluding hydrogens is 262 g/mol. The van der Waals surface area contributed by atoms with Crippen LogP contribution in [-0.4, -0.2) is 66.5 Å². The number of urea groups is 1. The normalized spacial score (nSPS) is 10.8. The predicted octanol–water partition coefficient (Wildman–Crippen LogP) is 0.607. The van der Waals surface area contributed by atoms with Crippen LogP contribution in [0, 0.1) is 5.41 Å². The summed E-state index contributed by atoms with van der Waals surface area (Å²) >= 11 is 0. The molecule has 7 heteroatoms. The predicted molar refractivity (Wildman–Crippen MR) is 75.4 cm³/mol. The maximum absolute atomic E-state index is 12.0. The van der Waals surface area contributed by atoms with Gasteiger partial charge in [-0.2, -0.15) is 0 Å². The van der Waals surface area contributed by atoms with Crippen LogP contribution >= 0.6 is 0 Å². The summed E-state index contributed by atoms with van der Waals surface area (Å²) in [5, 5.41) is 11.6. The number of hydrogen-bond acceptors (Lipinski definition) is 3. The van der Waals surface area contributed by atoms with E-state index >= 15 is 0 Å². The Kier molecular flexibility index (Phi) is 7.02. The van der Waals surface area contributed by atoms with Crippen LogP contribution in [0.15, 0.2) is 0 Å². The minimum Gasteiger partial charge on any atom is -0.481 e. The van der Waals surface area contributed by atoms with Crippen molar-refractivity contribution in [1.82, 2.24) is 15.1 Å². The number of carboxylic acids is 1. The second-order valence-corrected chi connectivity index (χ2v) is 5.56. The Labute approximate surface area is 119 Å². The van der Waals surface area contributed by atoms with Crippen LogP contribution in [0.25, 0.3) is 0 Å². The highest BCUT2D eigenvalue weighted by Gasteiger charge is 2.28. The highest BCUT2D eigenvalue weighted by molar-refractivity contribution is 5.84. The van der Waals surface area contributed by atoms with Gasteiger partial charge in [-0.25, -0.2) is 4.79 Å². The van der Waals surface area contributed by atoms with Gasteiger partial charge in [-0.3, -0.25) is 9.59 Å². The van der Waals surface area contributed by atoms with Gasteiger partial charge in [0.25, 0.3) is 0 Å². The third-order valence-electron chi connectivity index (χ3n) is 2.87. The van der Waals surface area contributed by atoms with E-state index in [9.17, 15) is 14.4 Å². The molecule has 116 valence electrons. The number of carbonyl (C=O) groups excluding carboxylic acids is 2. The fraction of sp³-hybridized carbons (Fsp3) is 0.769. The fourth-order valence-electron chi connectivity index (χ4n) is 1.31. The molecule has 20 heavy (non-hydrogen) atoms. The van der Waals surface area contributed by atoms with Gasteiger partial charge in [-0.1, -0.05) is 6.92 Å². The molecule has 0 heterocycles. The number of hydrogen-bond donors (Lipinski definition) is 2. The van der Waals surface area contributed by atoms with Gasteiger partial charge in [0.1, 0.15) is 6.54 Å². The second kappa shape index (κ2) is 7.72. The van der Waals surface area contributed by atoms with Crippen LogP contribution in [-0.2, 0) is 9.59 Å². The second-order valence-electron chi connectivity index (χ2n) is 5.56. The van der Waals surface area contributed by atoms with Crippen molar-refractivity contribution in [3.05, 3.63) is 0 Å². The zero-order valence-corrected chi connectivity index (χ0v) is 12.9. The highest BCUT2D eigenvalue weighted by atomic mass is 16.4. The van der Waals surface area contributed by atoms with Gasteiger partial charge in [-0.05, 0) is 20.3 Å². The quantitative estimate of drug-likeness (QED) is 0.718. The first kappa shape index (κ1) is 18.2. The smallest absolute Gasteiger partial charge is 0.317 e. The number of nitrogens with zero attached hydrogens (tertiary/aromatic N) is 2. The van der Waals surface area contributed by atoms with Gasteiger partial charge in [-0.15, -0.1) is 0 Å². The van der Waals surface area contributed by atoms with E-state index in [-0.39, 0.29) is 19.0 Å². The number of amides is 3. The van der Waals surface area contributed by atoms with E-state index in [2.05, 4.69) is 5.32 Å². The third-order valence-corrected chi connectivity index (χ3v) is 2.87. The molecule has 0 saturated heterocycles. The minimum atomic E-state index is -1.04. The Morgan fingerprint density at radius 1 is 1.20 bits per heavy atom. The van der Waals surface area contributed by atoms with Crippen molar-refractivity contribution in [1.29, 1.82) is 0 Å². The SMILES string of the molecule is CCCN(CC(=O)N(C)C)C(=O)NCC(C)(C)C(=O)O. The topological polar surface area (TPSA) is 90.0 Å². The van der Waals surface area contributed by atoms with Crippen molar-refractivity contribution in [2.75, 3.05) is 33.7 Å². The van der Waals surface area contributed by atoms with E-state index in [1.54, 1.807) is 14.1 Å². The molecule has 2 N–H and O–H groups in total. The number of rotatable bonds is 7. The molecule has 0 aromatic heterocycles. The fourth-order valence-corrected chi connectivity index (χ4v) is 1.31.